The monoisotopic (exact) mass is 273 g/mol. The number of benzene rings is 1. The quantitative estimate of drug-likeness (QED) is 0.763. The van der Waals surface area contributed by atoms with E-state index in [0.717, 1.165) is 24.9 Å². The highest BCUT2D eigenvalue weighted by molar-refractivity contribution is 5.96. The first kappa shape index (κ1) is 13.1. The molecular formula is C15H19N3O2. The van der Waals surface area contributed by atoms with E-state index >= 15 is 0 Å². The molecule has 2 aliphatic heterocycles. The molecule has 5 heteroatoms. The van der Waals surface area contributed by atoms with Crippen molar-refractivity contribution in [3.63, 3.8) is 0 Å². The molecule has 1 fully saturated rings. The van der Waals surface area contributed by atoms with Crippen molar-refractivity contribution in [2.45, 2.75) is 37.8 Å². The number of hydrogen-bond donors (Lipinski definition) is 3. The zero-order valence-corrected chi connectivity index (χ0v) is 11.3. The van der Waals surface area contributed by atoms with Crippen LogP contribution in [0, 0.1) is 0 Å². The van der Waals surface area contributed by atoms with Crippen LogP contribution in [0.1, 0.15) is 24.8 Å². The molecule has 2 aliphatic rings. The number of carbonyl (C=O) groups excluding carboxylic acids is 2. The van der Waals surface area contributed by atoms with E-state index in [2.05, 4.69) is 22.0 Å². The van der Waals surface area contributed by atoms with Gasteiger partial charge in [0, 0.05) is 24.7 Å². The molecule has 1 aromatic carbocycles. The summed E-state index contributed by atoms with van der Waals surface area (Å²) in [5.74, 6) is 0.119. The first-order valence-corrected chi connectivity index (χ1v) is 7.14. The zero-order valence-electron chi connectivity index (χ0n) is 11.3. The third-order valence-corrected chi connectivity index (χ3v) is 3.99. The normalized spacial score (nSPS) is 25.6. The Labute approximate surface area is 118 Å². The van der Waals surface area contributed by atoms with Gasteiger partial charge in [0.05, 0.1) is 6.04 Å². The van der Waals surface area contributed by atoms with E-state index in [-0.39, 0.29) is 23.9 Å². The lowest BCUT2D eigenvalue weighted by atomic mass is 10.1. The molecule has 0 aliphatic carbocycles. The van der Waals surface area contributed by atoms with Crippen molar-refractivity contribution in [3.05, 3.63) is 29.8 Å². The van der Waals surface area contributed by atoms with Gasteiger partial charge in [-0.25, -0.2) is 0 Å². The predicted octanol–water partition coefficient (Wildman–Crippen LogP) is 0.808. The fourth-order valence-electron chi connectivity index (χ4n) is 2.82. The maximum atomic E-state index is 12.2. The molecule has 2 heterocycles. The number of aryl methyl sites for hydroxylation is 1. The second-order valence-electron chi connectivity index (χ2n) is 5.45. The van der Waals surface area contributed by atoms with Gasteiger partial charge in [-0.05, 0) is 30.9 Å². The minimum absolute atomic E-state index is 0.0132. The molecule has 20 heavy (non-hydrogen) atoms. The van der Waals surface area contributed by atoms with Gasteiger partial charge in [0.1, 0.15) is 0 Å². The lowest BCUT2D eigenvalue weighted by Crippen LogP contribution is -2.45. The minimum atomic E-state index is -0.195. The maximum absolute atomic E-state index is 12.2. The number of para-hydroxylation sites is 1. The average Bonchev–Trinajstić information content (AvgIpc) is 2.78. The zero-order chi connectivity index (χ0) is 13.9. The van der Waals surface area contributed by atoms with Crippen LogP contribution in [-0.2, 0) is 16.0 Å². The largest absolute Gasteiger partial charge is 0.352 e. The van der Waals surface area contributed by atoms with Gasteiger partial charge < -0.3 is 16.0 Å². The van der Waals surface area contributed by atoms with Gasteiger partial charge in [0.15, 0.2) is 0 Å². The van der Waals surface area contributed by atoms with E-state index in [1.54, 1.807) is 0 Å². The standard InChI is InChI=1S/C15H19N3O2/c19-14-8-6-11(17-14)9-16-13-7-5-10-3-1-2-4-12(10)18-15(13)20/h1-4,11,13,16H,5-9H2,(H,17,19)(H,18,20). The highest BCUT2D eigenvalue weighted by Gasteiger charge is 2.26. The fraction of sp³-hybridized carbons (Fsp3) is 0.467. The molecule has 0 spiro atoms. The third kappa shape index (κ3) is 2.82. The van der Waals surface area contributed by atoms with Crippen LogP contribution in [0.15, 0.2) is 24.3 Å². The van der Waals surface area contributed by atoms with Crippen molar-refractivity contribution in [2.75, 3.05) is 11.9 Å². The van der Waals surface area contributed by atoms with Crippen molar-refractivity contribution in [2.24, 2.45) is 0 Å². The summed E-state index contributed by atoms with van der Waals surface area (Å²) in [4.78, 5) is 23.3. The Hall–Kier alpha value is -1.88. The molecule has 1 saturated heterocycles. The minimum Gasteiger partial charge on any atom is -0.352 e. The first-order chi connectivity index (χ1) is 9.72. The third-order valence-electron chi connectivity index (χ3n) is 3.99. The Balaban J connectivity index is 1.59. The van der Waals surface area contributed by atoms with E-state index < -0.39 is 0 Å². The van der Waals surface area contributed by atoms with Crippen molar-refractivity contribution in [3.8, 4) is 0 Å². The Morgan fingerprint density at radius 2 is 2.00 bits per heavy atom. The Kier molecular flexibility index (Phi) is 3.69. The second-order valence-corrected chi connectivity index (χ2v) is 5.45. The highest BCUT2D eigenvalue weighted by Crippen LogP contribution is 2.21. The van der Waals surface area contributed by atoms with E-state index in [1.807, 2.05) is 18.2 Å². The predicted molar refractivity (Wildman–Crippen MR) is 76.3 cm³/mol. The molecule has 0 radical (unpaired) electrons. The van der Waals surface area contributed by atoms with Crippen LogP contribution >= 0.6 is 0 Å². The summed E-state index contributed by atoms with van der Waals surface area (Å²) in [7, 11) is 0. The van der Waals surface area contributed by atoms with E-state index in [1.165, 1.54) is 5.56 Å². The van der Waals surface area contributed by atoms with Crippen LogP contribution in [-0.4, -0.2) is 30.4 Å². The first-order valence-electron chi connectivity index (χ1n) is 7.14. The van der Waals surface area contributed by atoms with Gasteiger partial charge in [0.2, 0.25) is 11.8 Å². The molecule has 3 N–H and O–H groups in total. The molecule has 0 aromatic heterocycles. The molecule has 5 nitrogen and oxygen atoms in total. The summed E-state index contributed by atoms with van der Waals surface area (Å²) in [5.41, 5.74) is 2.09. The van der Waals surface area contributed by atoms with Crippen molar-refractivity contribution >= 4 is 17.5 Å². The molecule has 2 unspecified atom stereocenters. The van der Waals surface area contributed by atoms with Gasteiger partial charge in [-0.2, -0.15) is 0 Å². The molecule has 2 amide bonds. The fourth-order valence-corrected chi connectivity index (χ4v) is 2.82. The van der Waals surface area contributed by atoms with Crippen LogP contribution in [0.25, 0.3) is 0 Å². The molecule has 0 saturated carbocycles. The van der Waals surface area contributed by atoms with E-state index in [4.69, 9.17) is 0 Å². The van der Waals surface area contributed by atoms with Crippen LogP contribution < -0.4 is 16.0 Å². The van der Waals surface area contributed by atoms with Crippen LogP contribution in [0.2, 0.25) is 0 Å². The topological polar surface area (TPSA) is 70.2 Å². The smallest absolute Gasteiger partial charge is 0.241 e. The Morgan fingerprint density at radius 3 is 2.80 bits per heavy atom. The number of amides is 2. The van der Waals surface area contributed by atoms with E-state index in [9.17, 15) is 9.59 Å². The lowest BCUT2D eigenvalue weighted by Gasteiger charge is -2.18. The van der Waals surface area contributed by atoms with E-state index in [0.29, 0.717) is 13.0 Å². The van der Waals surface area contributed by atoms with Crippen LogP contribution in [0.4, 0.5) is 5.69 Å². The lowest BCUT2D eigenvalue weighted by molar-refractivity contribution is -0.119. The number of hydrogen-bond acceptors (Lipinski definition) is 3. The summed E-state index contributed by atoms with van der Waals surface area (Å²) in [6, 6.07) is 7.87. The van der Waals surface area contributed by atoms with Crippen molar-refractivity contribution in [1.82, 2.24) is 10.6 Å². The number of rotatable bonds is 3. The summed E-state index contributed by atoms with van der Waals surface area (Å²) >= 11 is 0. The average molecular weight is 273 g/mol. The Morgan fingerprint density at radius 1 is 1.15 bits per heavy atom. The summed E-state index contributed by atoms with van der Waals surface area (Å²) < 4.78 is 0. The van der Waals surface area contributed by atoms with Crippen molar-refractivity contribution in [1.29, 1.82) is 0 Å². The van der Waals surface area contributed by atoms with Crippen LogP contribution in [0.5, 0.6) is 0 Å². The van der Waals surface area contributed by atoms with Gasteiger partial charge in [0.25, 0.3) is 0 Å². The van der Waals surface area contributed by atoms with Gasteiger partial charge in [-0.15, -0.1) is 0 Å². The SMILES string of the molecule is O=C1CCC(CNC2CCc3ccccc3NC2=O)N1. The molecular weight excluding hydrogens is 254 g/mol. The van der Waals surface area contributed by atoms with Gasteiger partial charge in [-0.3, -0.25) is 9.59 Å². The molecule has 106 valence electrons. The summed E-state index contributed by atoms with van der Waals surface area (Å²) in [5, 5.41) is 9.16. The number of carbonyl (C=O) groups is 2. The highest BCUT2D eigenvalue weighted by atomic mass is 16.2. The number of fused-ring (bicyclic) bond motifs is 1. The molecule has 1 aromatic rings. The molecule has 3 rings (SSSR count). The maximum Gasteiger partial charge on any atom is 0.241 e. The second kappa shape index (κ2) is 5.63. The number of anilines is 1. The number of nitrogens with one attached hydrogen (secondary N) is 3. The Bertz CT molecular complexity index is 530. The molecule has 2 atom stereocenters. The summed E-state index contributed by atoms with van der Waals surface area (Å²) in [6.45, 7) is 0.653. The summed E-state index contributed by atoms with van der Waals surface area (Å²) in [6.07, 6.45) is 3.10. The van der Waals surface area contributed by atoms with Crippen molar-refractivity contribution < 1.29 is 9.59 Å². The van der Waals surface area contributed by atoms with Crippen LogP contribution in [0.3, 0.4) is 0 Å². The molecule has 0 bridgehead atoms. The van der Waals surface area contributed by atoms with Gasteiger partial charge >= 0.3 is 0 Å². The van der Waals surface area contributed by atoms with Gasteiger partial charge in [-0.1, -0.05) is 18.2 Å².